The minimum Gasteiger partial charge on any atom is -0.355 e. The molecule has 132 valence electrons. The lowest BCUT2D eigenvalue weighted by atomic mass is 10.1. The first-order valence-corrected chi connectivity index (χ1v) is 8.70. The summed E-state index contributed by atoms with van der Waals surface area (Å²) in [4.78, 5) is 4.04. The average Bonchev–Trinajstić information content (AvgIpc) is 2.50. The first-order valence-electron chi connectivity index (χ1n) is 7.05. The highest BCUT2D eigenvalue weighted by atomic mass is 127. The fourth-order valence-corrected chi connectivity index (χ4v) is 2.33. The molecule has 0 spiro atoms. The molecule has 0 aromatic heterocycles. The van der Waals surface area contributed by atoms with Gasteiger partial charge in [-0.15, -0.1) is 24.0 Å². The number of hydrogen-bond donors (Lipinski definition) is 3. The fraction of sp³-hybridized carbons (Fsp3) is 0.500. The van der Waals surface area contributed by atoms with E-state index in [0.717, 1.165) is 5.56 Å². The second-order valence-electron chi connectivity index (χ2n) is 4.73. The Morgan fingerprint density at radius 3 is 2.52 bits per heavy atom. The molecule has 1 aromatic carbocycles. The molecule has 0 unspecified atom stereocenters. The Morgan fingerprint density at radius 2 is 1.96 bits per heavy atom. The van der Waals surface area contributed by atoms with Crippen LogP contribution < -0.4 is 15.4 Å². The summed E-state index contributed by atoms with van der Waals surface area (Å²) in [6.07, 6.45) is 0. The highest BCUT2D eigenvalue weighted by Crippen LogP contribution is 2.08. The van der Waals surface area contributed by atoms with Crippen LogP contribution in [0.15, 0.2) is 23.2 Å². The van der Waals surface area contributed by atoms with Crippen molar-refractivity contribution in [1.29, 1.82) is 0 Å². The van der Waals surface area contributed by atoms with Gasteiger partial charge in [0.15, 0.2) is 5.96 Å². The molecule has 0 heterocycles. The number of nitrogens with zero attached hydrogens (tertiary/aromatic N) is 1. The summed E-state index contributed by atoms with van der Waals surface area (Å²) in [7, 11) is -1.55. The van der Waals surface area contributed by atoms with Gasteiger partial charge in [-0.3, -0.25) is 4.99 Å². The van der Waals surface area contributed by atoms with Crippen molar-refractivity contribution in [3.8, 4) is 0 Å². The van der Waals surface area contributed by atoms with E-state index in [1.54, 1.807) is 33.0 Å². The number of aryl methyl sites for hydroxylation is 1. The zero-order valence-electron chi connectivity index (χ0n) is 13.5. The minimum atomic E-state index is -3.17. The van der Waals surface area contributed by atoms with Crippen molar-refractivity contribution in [2.24, 2.45) is 4.99 Å². The van der Waals surface area contributed by atoms with E-state index in [-0.39, 0.29) is 42.1 Å². The molecule has 0 atom stereocenters. The van der Waals surface area contributed by atoms with Gasteiger partial charge in [0, 0.05) is 26.7 Å². The zero-order chi connectivity index (χ0) is 16.6. The molecule has 23 heavy (non-hydrogen) atoms. The summed E-state index contributed by atoms with van der Waals surface area (Å²) >= 11 is 0. The highest BCUT2D eigenvalue weighted by molar-refractivity contribution is 14.0. The lowest BCUT2D eigenvalue weighted by Crippen LogP contribution is -2.41. The van der Waals surface area contributed by atoms with Gasteiger partial charge in [0.1, 0.15) is 5.82 Å². The monoisotopic (exact) mass is 458 g/mol. The van der Waals surface area contributed by atoms with Gasteiger partial charge < -0.3 is 10.6 Å². The van der Waals surface area contributed by atoms with Gasteiger partial charge in [0.05, 0.1) is 5.75 Å². The smallest absolute Gasteiger partial charge is 0.211 e. The van der Waals surface area contributed by atoms with Crippen LogP contribution in [0, 0.1) is 12.7 Å². The maximum atomic E-state index is 13.2. The Labute approximate surface area is 154 Å². The van der Waals surface area contributed by atoms with Crippen LogP contribution in [0.3, 0.4) is 0 Å². The number of sulfonamides is 1. The van der Waals surface area contributed by atoms with Crippen LogP contribution in [0.25, 0.3) is 0 Å². The molecule has 0 saturated heterocycles. The van der Waals surface area contributed by atoms with Gasteiger partial charge in [-0.1, -0.05) is 12.1 Å². The van der Waals surface area contributed by atoms with Crippen LogP contribution in [-0.2, 0) is 16.6 Å². The molecular formula is C14H24FIN4O2S. The van der Waals surface area contributed by atoms with Crippen molar-refractivity contribution >= 4 is 40.0 Å². The standard InChI is InChI=1S/C14H23FN4O2S.HI/c1-4-22(20,21)19-8-7-17-14(16-3)18-10-12-5-6-13(15)11(2)9-12;/h5-6,9,19H,4,7-8,10H2,1-3H3,(H2,16,17,18);1H. The number of aliphatic imine (C=N–C) groups is 1. The summed E-state index contributed by atoms with van der Waals surface area (Å²) < 4.78 is 38.2. The van der Waals surface area contributed by atoms with E-state index < -0.39 is 10.0 Å². The molecule has 3 N–H and O–H groups in total. The van der Waals surface area contributed by atoms with E-state index in [1.165, 1.54) is 6.07 Å². The van der Waals surface area contributed by atoms with E-state index in [0.29, 0.717) is 24.6 Å². The van der Waals surface area contributed by atoms with Gasteiger partial charge in [-0.25, -0.2) is 17.5 Å². The van der Waals surface area contributed by atoms with Gasteiger partial charge in [0.25, 0.3) is 0 Å². The Hall–Kier alpha value is -0.940. The van der Waals surface area contributed by atoms with Crippen LogP contribution in [0.4, 0.5) is 4.39 Å². The Morgan fingerprint density at radius 1 is 1.26 bits per heavy atom. The summed E-state index contributed by atoms with van der Waals surface area (Å²) in [6.45, 7) is 4.50. The lowest BCUT2D eigenvalue weighted by molar-refractivity contribution is 0.581. The molecule has 0 aliphatic rings. The summed E-state index contributed by atoms with van der Waals surface area (Å²) in [5, 5.41) is 6.08. The molecule has 0 amide bonds. The molecule has 0 fully saturated rings. The highest BCUT2D eigenvalue weighted by Gasteiger charge is 2.05. The summed E-state index contributed by atoms with van der Waals surface area (Å²) in [6, 6.07) is 4.91. The normalized spacial score (nSPS) is 11.7. The third kappa shape index (κ3) is 8.47. The molecule has 0 aliphatic heterocycles. The molecule has 0 radical (unpaired) electrons. The summed E-state index contributed by atoms with van der Waals surface area (Å²) in [5.74, 6) is 0.385. The van der Waals surface area contributed by atoms with Gasteiger partial charge >= 0.3 is 0 Å². The Kier molecular flexibility index (Phi) is 10.3. The molecule has 1 aromatic rings. The Balaban J connectivity index is 0.00000484. The third-order valence-electron chi connectivity index (χ3n) is 3.03. The SMILES string of the molecule is CCS(=O)(=O)NCCNC(=NC)NCc1ccc(F)c(C)c1.I. The quantitative estimate of drug-likeness (QED) is 0.250. The number of benzene rings is 1. The van der Waals surface area contributed by atoms with Crippen LogP contribution in [0.2, 0.25) is 0 Å². The molecule has 0 bridgehead atoms. The fourth-order valence-electron chi connectivity index (χ4n) is 1.71. The van der Waals surface area contributed by atoms with Gasteiger partial charge in [-0.2, -0.15) is 0 Å². The molecular weight excluding hydrogens is 434 g/mol. The van der Waals surface area contributed by atoms with Crippen molar-refractivity contribution in [3.05, 3.63) is 35.1 Å². The molecule has 0 saturated carbocycles. The second-order valence-corrected chi connectivity index (χ2v) is 6.83. The third-order valence-corrected chi connectivity index (χ3v) is 4.43. The van der Waals surface area contributed by atoms with Crippen LogP contribution >= 0.6 is 24.0 Å². The molecule has 9 heteroatoms. The lowest BCUT2D eigenvalue weighted by Gasteiger charge is -2.12. The van der Waals surface area contributed by atoms with Crippen LogP contribution in [0.1, 0.15) is 18.1 Å². The maximum Gasteiger partial charge on any atom is 0.211 e. The van der Waals surface area contributed by atoms with Crippen LogP contribution in [0.5, 0.6) is 0 Å². The molecule has 6 nitrogen and oxygen atoms in total. The average molecular weight is 458 g/mol. The molecule has 0 aliphatic carbocycles. The number of halogens is 2. The van der Waals surface area contributed by atoms with E-state index >= 15 is 0 Å². The van der Waals surface area contributed by atoms with Crippen molar-refractivity contribution < 1.29 is 12.8 Å². The first kappa shape index (κ1) is 22.1. The van der Waals surface area contributed by atoms with E-state index in [9.17, 15) is 12.8 Å². The largest absolute Gasteiger partial charge is 0.355 e. The van der Waals surface area contributed by atoms with Gasteiger partial charge in [-0.05, 0) is 31.0 Å². The van der Waals surface area contributed by atoms with Crippen molar-refractivity contribution in [2.75, 3.05) is 25.9 Å². The predicted octanol–water partition coefficient (Wildman–Crippen LogP) is 1.36. The second kappa shape index (κ2) is 10.8. The van der Waals surface area contributed by atoms with Gasteiger partial charge in [0.2, 0.25) is 10.0 Å². The zero-order valence-corrected chi connectivity index (χ0v) is 16.7. The number of guanidine groups is 1. The predicted molar refractivity (Wildman–Crippen MR) is 102 cm³/mol. The Bertz CT molecular complexity index is 623. The van der Waals surface area contributed by atoms with Crippen LogP contribution in [-0.4, -0.2) is 40.3 Å². The molecule has 1 rings (SSSR count). The number of hydrogen-bond acceptors (Lipinski definition) is 3. The van der Waals surface area contributed by atoms with Crippen molar-refractivity contribution in [2.45, 2.75) is 20.4 Å². The number of rotatable bonds is 7. The first-order chi connectivity index (χ1) is 10.4. The minimum absolute atomic E-state index is 0. The van der Waals surface area contributed by atoms with E-state index in [1.807, 2.05) is 0 Å². The number of nitrogens with one attached hydrogen (secondary N) is 3. The van der Waals surface area contributed by atoms with Crippen molar-refractivity contribution in [1.82, 2.24) is 15.4 Å². The summed E-state index contributed by atoms with van der Waals surface area (Å²) in [5.41, 5.74) is 1.53. The van der Waals surface area contributed by atoms with E-state index in [2.05, 4.69) is 20.3 Å². The topological polar surface area (TPSA) is 82.6 Å². The van der Waals surface area contributed by atoms with E-state index in [4.69, 9.17) is 0 Å². The maximum absolute atomic E-state index is 13.2. The van der Waals surface area contributed by atoms with Crippen molar-refractivity contribution in [3.63, 3.8) is 0 Å².